The van der Waals surface area contributed by atoms with Gasteiger partial charge in [-0.15, -0.1) is 0 Å². The molecule has 0 spiro atoms. The Morgan fingerprint density at radius 3 is 2.81 bits per heavy atom. The first-order chi connectivity index (χ1) is 12.6. The molecule has 1 N–H and O–H groups in total. The molecular formula is C18H17ClN6O. The maximum absolute atomic E-state index is 12.5. The number of hydrogen-bond acceptors (Lipinski definition) is 5. The first-order valence-corrected chi connectivity index (χ1v) is 8.62. The van der Waals surface area contributed by atoms with Gasteiger partial charge in [-0.3, -0.25) is 4.79 Å². The van der Waals surface area contributed by atoms with E-state index in [9.17, 15) is 4.79 Å². The highest BCUT2D eigenvalue weighted by atomic mass is 35.5. The van der Waals surface area contributed by atoms with Crippen molar-refractivity contribution in [2.24, 2.45) is 5.92 Å². The van der Waals surface area contributed by atoms with Crippen molar-refractivity contribution in [3.63, 3.8) is 0 Å². The van der Waals surface area contributed by atoms with E-state index in [1.54, 1.807) is 16.9 Å². The van der Waals surface area contributed by atoms with Gasteiger partial charge in [0.05, 0.1) is 5.92 Å². The van der Waals surface area contributed by atoms with Crippen molar-refractivity contribution in [3.8, 4) is 5.82 Å². The lowest BCUT2D eigenvalue weighted by Gasteiger charge is -2.39. The highest BCUT2D eigenvalue weighted by Crippen LogP contribution is 2.26. The molecule has 1 saturated heterocycles. The molecule has 8 heteroatoms. The number of aromatic nitrogens is 4. The molecule has 1 amide bonds. The Labute approximate surface area is 155 Å². The number of aryl methyl sites for hydroxylation is 1. The van der Waals surface area contributed by atoms with Gasteiger partial charge in [-0.25, -0.2) is 14.6 Å². The molecule has 0 bridgehead atoms. The maximum Gasteiger partial charge on any atom is 0.231 e. The molecule has 26 heavy (non-hydrogen) atoms. The summed E-state index contributed by atoms with van der Waals surface area (Å²) in [5.74, 6) is 1.39. The Balaban J connectivity index is 1.40. The van der Waals surface area contributed by atoms with Crippen LogP contribution in [0, 0.1) is 12.8 Å². The lowest BCUT2D eigenvalue weighted by Crippen LogP contribution is -2.52. The van der Waals surface area contributed by atoms with E-state index >= 15 is 0 Å². The van der Waals surface area contributed by atoms with Crippen LogP contribution >= 0.6 is 11.6 Å². The van der Waals surface area contributed by atoms with Gasteiger partial charge in [-0.1, -0.05) is 17.7 Å². The van der Waals surface area contributed by atoms with Crippen molar-refractivity contribution >= 4 is 29.0 Å². The van der Waals surface area contributed by atoms with Gasteiger partial charge in [0.15, 0.2) is 5.82 Å². The van der Waals surface area contributed by atoms with Crippen LogP contribution in [0.25, 0.3) is 5.82 Å². The van der Waals surface area contributed by atoms with Gasteiger partial charge in [0.1, 0.15) is 12.1 Å². The van der Waals surface area contributed by atoms with Gasteiger partial charge in [0, 0.05) is 42.3 Å². The molecule has 2 aromatic heterocycles. The zero-order valence-electron chi connectivity index (χ0n) is 14.1. The molecule has 0 aliphatic carbocycles. The molecule has 0 radical (unpaired) electrons. The zero-order valence-corrected chi connectivity index (χ0v) is 14.9. The number of benzene rings is 1. The molecule has 3 aromatic rings. The Morgan fingerprint density at radius 2 is 2.04 bits per heavy atom. The standard InChI is InChI=1S/C18H17ClN6O/c1-12-3-4-14(19)7-15(12)23-18(26)13-9-24(10-13)16-8-17(21-11-20-16)25-6-2-5-22-25/h2-8,11,13H,9-10H2,1H3,(H,23,26). The number of halogens is 1. The van der Waals surface area contributed by atoms with Crippen LogP contribution in [0.5, 0.6) is 0 Å². The van der Waals surface area contributed by atoms with E-state index in [2.05, 4.69) is 20.4 Å². The van der Waals surface area contributed by atoms with Gasteiger partial charge < -0.3 is 10.2 Å². The predicted molar refractivity (Wildman–Crippen MR) is 99.7 cm³/mol. The minimum atomic E-state index is -0.0866. The number of carbonyl (C=O) groups is 1. The van der Waals surface area contributed by atoms with Crippen molar-refractivity contribution < 1.29 is 4.79 Å². The number of nitrogens with zero attached hydrogens (tertiary/aromatic N) is 5. The first-order valence-electron chi connectivity index (χ1n) is 8.24. The molecule has 1 fully saturated rings. The van der Waals surface area contributed by atoms with Crippen molar-refractivity contribution in [3.05, 3.63) is 59.6 Å². The number of anilines is 2. The summed E-state index contributed by atoms with van der Waals surface area (Å²) in [7, 11) is 0. The van der Waals surface area contributed by atoms with E-state index in [0.717, 1.165) is 17.1 Å². The van der Waals surface area contributed by atoms with Crippen LogP contribution in [0.15, 0.2) is 49.1 Å². The molecule has 1 aliphatic rings. The molecule has 1 aliphatic heterocycles. The number of amides is 1. The average Bonchev–Trinajstić information content (AvgIpc) is 3.12. The highest BCUT2D eigenvalue weighted by molar-refractivity contribution is 6.31. The number of carbonyl (C=O) groups excluding carboxylic acids is 1. The zero-order chi connectivity index (χ0) is 18.1. The van der Waals surface area contributed by atoms with Crippen molar-refractivity contribution in [2.45, 2.75) is 6.92 Å². The van der Waals surface area contributed by atoms with Crippen LogP contribution < -0.4 is 10.2 Å². The monoisotopic (exact) mass is 368 g/mol. The average molecular weight is 369 g/mol. The summed E-state index contributed by atoms with van der Waals surface area (Å²) in [6.45, 7) is 3.17. The van der Waals surface area contributed by atoms with E-state index < -0.39 is 0 Å². The largest absolute Gasteiger partial charge is 0.355 e. The van der Waals surface area contributed by atoms with E-state index in [4.69, 9.17) is 11.6 Å². The third-order valence-corrected chi connectivity index (χ3v) is 4.65. The molecule has 0 atom stereocenters. The minimum Gasteiger partial charge on any atom is -0.355 e. The normalized spacial score (nSPS) is 14.2. The summed E-state index contributed by atoms with van der Waals surface area (Å²) in [6, 6.07) is 9.17. The van der Waals surface area contributed by atoms with Crippen LogP contribution in [0.3, 0.4) is 0 Å². The third kappa shape index (κ3) is 3.25. The SMILES string of the molecule is Cc1ccc(Cl)cc1NC(=O)C1CN(c2cc(-n3cccn3)ncn2)C1. The van der Waals surface area contributed by atoms with E-state index in [-0.39, 0.29) is 11.8 Å². The Bertz CT molecular complexity index is 937. The first kappa shape index (κ1) is 16.5. The Hall–Kier alpha value is -2.93. The van der Waals surface area contributed by atoms with Gasteiger partial charge in [0.25, 0.3) is 0 Å². The molecule has 7 nitrogen and oxygen atoms in total. The molecule has 1 aromatic carbocycles. The van der Waals surface area contributed by atoms with E-state index in [1.807, 2.05) is 42.3 Å². The van der Waals surface area contributed by atoms with E-state index in [0.29, 0.717) is 23.9 Å². The highest BCUT2D eigenvalue weighted by Gasteiger charge is 2.34. The third-order valence-electron chi connectivity index (χ3n) is 4.41. The van der Waals surface area contributed by atoms with Crippen molar-refractivity contribution in [1.82, 2.24) is 19.7 Å². The van der Waals surface area contributed by atoms with Crippen LogP contribution in [-0.2, 0) is 4.79 Å². The van der Waals surface area contributed by atoms with E-state index in [1.165, 1.54) is 6.33 Å². The fourth-order valence-corrected chi connectivity index (χ4v) is 3.01. The molecule has 3 heterocycles. The second-order valence-electron chi connectivity index (χ2n) is 6.24. The second-order valence-corrected chi connectivity index (χ2v) is 6.67. The summed E-state index contributed by atoms with van der Waals surface area (Å²) in [5, 5.41) is 7.74. The summed E-state index contributed by atoms with van der Waals surface area (Å²) >= 11 is 6.01. The fraction of sp³-hybridized carbons (Fsp3) is 0.222. The van der Waals surface area contributed by atoms with Crippen molar-refractivity contribution in [1.29, 1.82) is 0 Å². The van der Waals surface area contributed by atoms with Crippen LogP contribution in [0.4, 0.5) is 11.5 Å². The topological polar surface area (TPSA) is 75.9 Å². The predicted octanol–water partition coefficient (Wildman–Crippen LogP) is 2.70. The summed E-state index contributed by atoms with van der Waals surface area (Å²) in [4.78, 5) is 23.0. The molecule has 4 rings (SSSR count). The molecule has 0 saturated carbocycles. The number of nitrogens with one attached hydrogen (secondary N) is 1. The quantitative estimate of drug-likeness (QED) is 0.766. The Kier molecular flexibility index (Phi) is 4.30. The number of rotatable bonds is 4. The summed E-state index contributed by atoms with van der Waals surface area (Å²) in [5.41, 5.74) is 1.74. The fourth-order valence-electron chi connectivity index (χ4n) is 2.83. The van der Waals surface area contributed by atoms with Crippen LogP contribution in [0.1, 0.15) is 5.56 Å². The molecular weight excluding hydrogens is 352 g/mol. The molecule has 0 unspecified atom stereocenters. The Morgan fingerprint density at radius 1 is 1.23 bits per heavy atom. The second kappa shape index (κ2) is 6.76. The van der Waals surface area contributed by atoms with Gasteiger partial charge >= 0.3 is 0 Å². The maximum atomic E-state index is 12.5. The lowest BCUT2D eigenvalue weighted by molar-refractivity contribution is -0.120. The van der Waals surface area contributed by atoms with Gasteiger partial charge in [-0.05, 0) is 30.7 Å². The minimum absolute atomic E-state index is 0.00651. The molecule has 132 valence electrons. The number of hydrogen-bond donors (Lipinski definition) is 1. The lowest BCUT2D eigenvalue weighted by atomic mass is 9.99. The summed E-state index contributed by atoms with van der Waals surface area (Å²) in [6.07, 6.45) is 5.03. The van der Waals surface area contributed by atoms with Gasteiger partial charge in [-0.2, -0.15) is 5.10 Å². The smallest absolute Gasteiger partial charge is 0.231 e. The van der Waals surface area contributed by atoms with Crippen molar-refractivity contribution in [2.75, 3.05) is 23.3 Å². The van der Waals surface area contributed by atoms with Crippen LogP contribution in [-0.4, -0.2) is 38.7 Å². The van der Waals surface area contributed by atoms with Crippen LogP contribution in [0.2, 0.25) is 5.02 Å². The summed E-state index contributed by atoms with van der Waals surface area (Å²) < 4.78 is 1.68. The van der Waals surface area contributed by atoms with Gasteiger partial charge in [0.2, 0.25) is 5.91 Å².